The van der Waals surface area contributed by atoms with Crippen LogP contribution in [0, 0.1) is 6.92 Å². The highest BCUT2D eigenvalue weighted by atomic mass is 16.1. The van der Waals surface area contributed by atoms with Gasteiger partial charge in [-0.2, -0.15) is 0 Å². The molecule has 0 aliphatic carbocycles. The van der Waals surface area contributed by atoms with Crippen LogP contribution in [0.15, 0.2) is 18.2 Å². The maximum absolute atomic E-state index is 12.1. The Hall–Kier alpha value is -1.88. The fraction of sp³-hybridized carbons (Fsp3) is 0.556. The van der Waals surface area contributed by atoms with Gasteiger partial charge in [0.15, 0.2) is 0 Å². The second-order valence-corrected chi connectivity index (χ2v) is 6.58. The first-order valence-corrected chi connectivity index (χ1v) is 8.60. The van der Waals surface area contributed by atoms with Gasteiger partial charge in [-0.05, 0) is 70.4 Å². The van der Waals surface area contributed by atoms with Gasteiger partial charge in [-0.25, -0.2) is 4.98 Å². The van der Waals surface area contributed by atoms with E-state index >= 15 is 0 Å². The number of H-pyrrole nitrogens is 1. The molecule has 1 fully saturated rings. The van der Waals surface area contributed by atoms with Crippen LogP contribution in [0.2, 0.25) is 0 Å². The Morgan fingerprint density at radius 3 is 2.96 bits per heavy atom. The Morgan fingerprint density at radius 2 is 2.17 bits per heavy atom. The molecular formula is C18H26N4O. The molecule has 5 nitrogen and oxygen atoms in total. The fourth-order valence-corrected chi connectivity index (χ4v) is 3.20. The average molecular weight is 314 g/mol. The number of aryl methyl sites for hydroxylation is 1. The molecular weight excluding hydrogens is 288 g/mol. The highest BCUT2D eigenvalue weighted by Crippen LogP contribution is 2.17. The number of nitrogens with zero attached hydrogens (tertiary/aromatic N) is 2. The molecule has 1 amide bonds. The van der Waals surface area contributed by atoms with E-state index in [-0.39, 0.29) is 11.9 Å². The first-order chi connectivity index (χ1) is 11.1. The summed E-state index contributed by atoms with van der Waals surface area (Å²) in [6.07, 6.45) is 4.11. The molecule has 0 bridgehead atoms. The number of benzene rings is 1. The molecule has 3 rings (SSSR count). The second-order valence-electron chi connectivity index (χ2n) is 6.58. The molecule has 1 atom stereocenters. The number of fused-ring (bicyclic) bond motifs is 1. The Morgan fingerprint density at radius 1 is 1.39 bits per heavy atom. The highest BCUT2D eigenvalue weighted by molar-refractivity contribution is 5.77. The number of nitrogens with one attached hydrogen (secondary N) is 2. The van der Waals surface area contributed by atoms with Gasteiger partial charge in [0.05, 0.1) is 17.1 Å². The molecule has 23 heavy (non-hydrogen) atoms. The van der Waals surface area contributed by atoms with E-state index in [4.69, 9.17) is 0 Å². The molecule has 1 aliphatic rings. The number of aromatic nitrogens is 2. The minimum Gasteiger partial charge on any atom is -0.346 e. The molecule has 1 aliphatic heterocycles. The zero-order chi connectivity index (χ0) is 16.2. The van der Waals surface area contributed by atoms with E-state index in [0.717, 1.165) is 29.8 Å². The summed E-state index contributed by atoms with van der Waals surface area (Å²) in [5.74, 6) is 0.923. The van der Waals surface area contributed by atoms with Crippen LogP contribution in [-0.4, -0.2) is 40.4 Å². The van der Waals surface area contributed by atoms with E-state index in [1.807, 2.05) is 13.0 Å². The Kier molecular flexibility index (Phi) is 4.96. The lowest BCUT2D eigenvalue weighted by Gasteiger charge is -2.15. The zero-order valence-electron chi connectivity index (χ0n) is 14.1. The highest BCUT2D eigenvalue weighted by Gasteiger charge is 2.15. The minimum atomic E-state index is -0.0954. The topological polar surface area (TPSA) is 61.0 Å². The van der Waals surface area contributed by atoms with Crippen LogP contribution in [0.5, 0.6) is 0 Å². The molecule has 0 radical (unpaired) electrons. The zero-order valence-corrected chi connectivity index (χ0v) is 14.1. The van der Waals surface area contributed by atoms with Crippen molar-refractivity contribution in [3.05, 3.63) is 29.6 Å². The van der Waals surface area contributed by atoms with Crippen molar-refractivity contribution < 1.29 is 4.79 Å². The number of aromatic amines is 1. The van der Waals surface area contributed by atoms with E-state index in [1.54, 1.807) is 0 Å². The fourth-order valence-electron chi connectivity index (χ4n) is 3.20. The third-order valence-corrected chi connectivity index (χ3v) is 4.52. The third kappa shape index (κ3) is 4.10. The number of hydrogen-bond donors (Lipinski definition) is 2. The lowest BCUT2D eigenvalue weighted by molar-refractivity contribution is -0.121. The van der Waals surface area contributed by atoms with Crippen LogP contribution < -0.4 is 5.32 Å². The van der Waals surface area contributed by atoms with Crippen LogP contribution in [0.1, 0.15) is 50.0 Å². The normalized spacial score (nSPS) is 16.8. The van der Waals surface area contributed by atoms with Gasteiger partial charge in [-0.1, -0.05) is 6.07 Å². The van der Waals surface area contributed by atoms with Gasteiger partial charge in [0.1, 0.15) is 5.82 Å². The summed E-state index contributed by atoms with van der Waals surface area (Å²) in [4.78, 5) is 22.4. The first kappa shape index (κ1) is 16.0. The van der Waals surface area contributed by atoms with Gasteiger partial charge in [-0.3, -0.25) is 4.79 Å². The number of amides is 1. The summed E-state index contributed by atoms with van der Waals surface area (Å²) in [6, 6.07) is 6.04. The lowest BCUT2D eigenvalue weighted by atomic mass is 10.2. The van der Waals surface area contributed by atoms with Gasteiger partial charge in [-0.15, -0.1) is 0 Å². The van der Waals surface area contributed by atoms with Crippen molar-refractivity contribution in [2.24, 2.45) is 0 Å². The van der Waals surface area contributed by atoms with Crippen LogP contribution in [0.4, 0.5) is 0 Å². The summed E-state index contributed by atoms with van der Waals surface area (Å²) in [7, 11) is 0. The number of hydrogen-bond acceptors (Lipinski definition) is 3. The summed E-state index contributed by atoms with van der Waals surface area (Å²) in [5, 5.41) is 3.05. The standard InChI is InChI=1S/C18H26N4O/c1-13-7-8-15-16(12-13)21-18(20-15)14(2)19-17(23)6-5-11-22-9-3-4-10-22/h7-8,12,14H,3-6,9-11H2,1-2H3,(H,19,23)(H,20,21)/t14-/m0/s1. The number of rotatable bonds is 6. The largest absolute Gasteiger partial charge is 0.346 e. The molecule has 0 unspecified atom stereocenters. The van der Waals surface area contributed by atoms with Gasteiger partial charge < -0.3 is 15.2 Å². The van der Waals surface area contributed by atoms with Crippen LogP contribution in [-0.2, 0) is 4.79 Å². The van der Waals surface area contributed by atoms with Crippen molar-refractivity contribution in [2.75, 3.05) is 19.6 Å². The van der Waals surface area contributed by atoms with Crippen LogP contribution >= 0.6 is 0 Å². The number of imidazole rings is 1. The molecule has 1 aromatic carbocycles. The van der Waals surface area contributed by atoms with E-state index in [0.29, 0.717) is 6.42 Å². The molecule has 2 heterocycles. The minimum absolute atomic E-state index is 0.0954. The van der Waals surface area contributed by atoms with Gasteiger partial charge in [0.25, 0.3) is 0 Å². The summed E-state index contributed by atoms with van der Waals surface area (Å²) < 4.78 is 0. The number of carbonyl (C=O) groups excluding carboxylic acids is 1. The van der Waals surface area contributed by atoms with Crippen LogP contribution in [0.3, 0.4) is 0 Å². The summed E-state index contributed by atoms with van der Waals surface area (Å²) >= 11 is 0. The first-order valence-electron chi connectivity index (χ1n) is 8.60. The summed E-state index contributed by atoms with van der Waals surface area (Å²) in [5.41, 5.74) is 3.17. The van der Waals surface area contributed by atoms with Crippen molar-refractivity contribution in [3.63, 3.8) is 0 Å². The Balaban J connectivity index is 1.50. The number of carbonyl (C=O) groups is 1. The lowest BCUT2D eigenvalue weighted by Crippen LogP contribution is -2.28. The summed E-state index contributed by atoms with van der Waals surface area (Å²) in [6.45, 7) is 7.45. The van der Waals surface area contributed by atoms with Crippen molar-refractivity contribution in [3.8, 4) is 0 Å². The van der Waals surface area contributed by atoms with E-state index in [1.165, 1.54) is 31.5 Å². The maximum atomic E-state index is 12.1. The molecule has 2 aromatic rings. The second kappa shape index (κ2) is 7.13. The van der Waals surface area contributed by atoms with Gasteiger partial charge in [0, 0.05) is 6.42 Å². The third-order valence-electron chi connectivity index (χ3n) is 4.52. The maximum Gasteiger partial charge on any atom is 0.220 e. The SMILES string of the molecule is Cc1ccc2nc([C@H](C)NC(=O)CCCN3CCCC3)[nH]c2c1. The molecule has 2 N–H and O–H groups in total. The van der Waals surface area contributed by atoms with Gasteiger partial charge in [0.2, 0.25) is 5.91 Å². The van der Waals surface area contributed by atoms with Crippen molar-refractivity contribution in [1.29, 1.82) is 0 Å². The quantitative estimate of drug-likeness (QED) is 0.862. The molecule has 5 heteroatoms. The van der Waals surface area contributed by atoms with Crippen LogP contribution in [0.25, 0.3) is 11.0 Å². The predicted octanol–water partition coefficient (Wildman–Crippen LogP) is 2.92. The predicted molar refractivity (Wildman–Crippen MR) is 92.3 cm³/mol. The molecule has 124 valence electrons. The Bertz CT molecular complexity index is 673. The van der Waals surface area contributed by atoms with Crippen molar-refractivity contribution >= 4 is 16.9 Å². The Labute approximate surface area is 137 Å². The number of likely N-dealkylation sites (tertiary alicyclic amines) is 1. The van der Waals surface area contributed by atoms with Crippen molar-refractivity contribution in [2.45, 2.75) is 45.6 Å². The molecule has 0 saturated carbocycles. The van der Waals surface area contributed by atoms with E-state index in [9.17, 15) is 4.79 Å². The van der Waals surface area contributed by atoms with E-state index < -0.39 is 0 Å². The van der Waals surface area contributed by atoms with Gasteiger partial charge >= 0.3 is 0 Å². The monoisotopic (exact) mass is 314 g/mol. The van der Waals surface area contributed by atoms with E-state index in [2.05, 4.69) is 39.2 Å². The van der Waals surface area contributed by atoms with Crippen molar-refractivity contribution in [1.82, 2.24) is 20.2 Å². The molecule has 0 spiro atoms. The average Bonchev–Trinajstić information content (AvgIpc) is 3.15. The molecule has 1 aromatic heterocycles. The molecule has 1 saturated heterocycles. The smallest absolute Gasteiger partial charge is 0.220 e.